The van der Waals surface area contributed by atoms with Crippen molar-refractivity contribution in [2.45, 2.75) is 25.8 Å². The second kappa shape index (κ2) is 6.17. The van der Waals surface area contributed by atoms with Crippen molar-refractivity contribution in [1.29, 1.82) is 0 Å². The Bertz CT molecular complexity index is 581. The molecule has 20 heavy (non-hydrogen) atoms. The molecule has 2 N–H and O–H groups in total. The lowest BCUT2D eigenvalue weighted by atomic mass is 9.97. The zero-order valence-electron chi connectivity index (χ0n) is 11.4. The van der Waals surface area contributed by atoms with Gasteiger partial charge in [-0.2, -0.15) is 0 Å². The van der Waals surface area contributed by atoms with E-state index < -0.39 is 0 Å². The highest BCUT2D eigenvalue weighted by atomic mass is 35.5. The van der Waals surface area contributed by atoms with Gasteiger partial charge >= 0.3 is 0 Å². The fourth-order valence-electron chi connectivity index (χ4n) is 3.24. The molecule has 1 aromatic heterocycles. The van der Waals surface area contributed by atoms with Crippen molar-refractivity contribution in [3.05, 3.63) is 35.0 Å². The van der Waals surface area contributed by atoms with Crippen LogP contribution in [0.5, 0.6) is 0 Å². The van der Waals surface area contributed by atoms with E-state index in [9.17, 15) is 5.11 Å². The summed E-state index contributed by atoms with van der Waals surface area (Å²) in [5.41, 5.74) is 1.87. The Kier molecular flexibility index (Phi) is 4.29. The van der Waals surface area contributed by atoms with Crippen LogP contribution < -0.4 is 5.32 Å². The molecule has 108 valence electrons. The van der Waals surface area contributed by atoms with Crippen molar-refractivity contribution in [1.82, 2.24) is 5.32 Å². The van der Waals surface area contributed by atoms with Crippen LogP contribution in [-0.4, -0.2) is 18.3 Å². The Morgan fingerprint density at radius 2 is 2.05 bits per heavy atom. The average Bonchev–Trinajstić information content (AvgIpc) is 3.03. The summed E-state index contributed by atoms with van der Waals surface area (Å²) in [7, 11) is 0. The molecule has 1 aliphatic rings. The maximum absolute atomic E-state index is 9.34. The molecule has 3 nitrogen and oxygen atoms in total. The van der Waals surface area contributed by atoms with Gasteiger partial charge in [-0.3, -0.25) is 0 Å². The van der Waals surface area contributed by atoms with Crippen LogP contribution in [0.25, 0.3) is 11.0 Å². The summed E-state index contributed by atoms with van der Waals surface area (Å²) in [4.78, 5) is 0. The molecule has 0 spiro atoms. The van der Waals surface area contributed by atoms with Gasteiger partial charge in [-0.25, -0.2) is 0 Å². The van der Waals surface area contributed by atoms with E-state index in [0.29, 0.717) is 30.2 Å². The van der Waals surface area contributed by atoms with E-state index in [0.717, 1.165) is 29.5 Å². The number of para-hydroxylation sites is 1. The minimum Gasteiger partial charge on any atom is -0.444 e. The van der Waals surface area contributed by atoms with Gasteiger partial charge in [0.05, 0.1) is 0 Å². The quantitative estimate of drug-likeness (QED) is 0.885. The van der Waals surface area contributed by atoms with Gasteiger partial charge in [0.15, 0.2) is 5.22 Å². The number of benzene rings is 1. The van der Waals surface area contributed by atoms with Crippen molar-refractivity contribution >= 4 is 22.6 Å². The van der Waals surface area contributed by atoms with Crippen molar-refractivity contribution in [2.24, 2.45) is 11.8 Å². The fraction of sp³-hybridized carbons (Fsp3) is 0.500. The minimum absolute atomic E-state index is 0.307. The lowest BCUT2D eigenvalue weighted by Crippen LogP contribution is -2.26. The topological polar surface area (TPSA) is 45.4 Å². The molecule has 1 fully saturated rings. The van der Waals surface area contributed by atoms with Crippen molar-refractivity contribution in [3.63, 3.8) is 0 Å². The van der Waals surface area contributed by atoms with Crippen molar-refractivity contribution in [3.8, 4) is 0 Å². The Labute approximate surface area is 123 Å². The second-order valence-corrected chi connectivity index (χ2v) is 5.96. The third kappa shape index (κ3) is 2.71. The maximum atomic E-state index is 9.34. The zero-order chi connectivity index (χ0) is 13.9. The molecule has 1 saturated carbocycles. The molecule has 2 aromatic rings. The highest BCUT2D eigenvalue weighted by molar-refractivity contribution is 6.30. The molecule has 0 radical (unpaired) electrons. The summed E-state index contributed by atoms with van der Waals surface area (Å²) < 4.78 is 5.55. The largest absolute Gasteiger partial charge is 0.444 e. The number of rotatable bonds is 5. The van der Waals surface area contributed by atoms with E-state index in [2.05, 4.69) is 5.32 Å². The van der Waals surface area contributed by atoms with E-state index in [4.69, 9.17) is 16.0 Å². The minimum atomic E-state index is 0.307. The third-order valence-electron chi connectivity index (χ3n) is 4.41. The van der Waals surface area contributed by atoms with Crippen molar-refractivity contribution in [2.75, 3.05) is 13.2 Å². The molecule has 0 saturated heterocycles. The fourth-order valence-corrected chi connectivity index (χ4v) is 3.49. The third-order valence-corrected chi connectivity index (χ3v) is 4.71. The smallest absolute Gasteiger partial charge is 0.199 e. The molecule has 1 aromatic carbocycles. The molecule has 1 aliphatic carbocycles. The molecule has 1 heterocycles. The molecular formula is C16H20ClNO2. The Hall–Kier alpha value is -1.03. The van der Waals surface area contributed by atoms with Gasteiger partial charge in [0, 0.05) is 24.1 Å². The summed E-state index contributed by atoms with van der Waals surface area (Å²) in [5, 5.41) is 14.4. The monoisotopic (exact) mass is 293 g/mol. The van der Waals surface area contributed by atoms with Gasteiger partial charge < -0.3 is 14.8 Å². The first-order valence-electron chi connectivity index (χ1n) is 7.27. The van der Waals surface area contributed by atoms with E-state index in [1.165, 1.54) is 12.8 Å². The summed E-state index contributed by atoms with van der Waals surface area (Å²) >= 11 is 6.17. The molecular weight excluding hydrogens is 274 g/mol. The number of halogens is 1. The van der Waals surface area contributed by atoms with Gasteiger partial charge in [0.1, 0.15) is 5.58 Å². The van der Waals surface area contributed by atoms with Gasteiger partial charge in [0.2, 0.25) is 0 Å². The number of aliphatic hydroxyl groups is 1. The number of hydrogen-bond acceptors (Lipinski definition) is 3. The number of aliphatic hydroxyl groups excluding tert-OH is 1. The molecule has 0 amide bonds. The van der Waals surface area contributed by atoms with Crippen LogP contribution in [0, 0.1) is 11.8 Å². The van der Waals surface area contributed by atoms with E-state index in [1.807, 2.05) is 24.3 Å². The first kappa shape index (κ1) is 13.9. The molecule has 2 unspecified atom stereocenters. The number of fused-ring (bicyclic) bond motifs is 1. The maximum Gasteiger partial charge on any atom is 0.199 e. The van der Waals surface area contributed by atoms with E-state index in [1.54, 1.807) is 0 Å². The van der Waals surface area contributed by atoms with Crippen LogP contribution in [0.1, 0.15) is 24.8 Å². The molecule has 4 heteroatoms. The van der Waals surface area contributed by atoms with Gasteiger partial charge in [0.25, 0.3) is 0 Å². The summed E-state index contributed by atoms with van der Waals surface area (Å²) in [6, 6.07) is 7.91. The Balaban J connectivity index is 1.64. The second-order valence-electron chi connectivity index (χ2n) is 5.62. The first-order valence-corrected chi connectivity index (χ1v) is 7.65. The molecule has 0 bridgehead atoms. The lowest BCUT2D eigenvalue weighted by molar-refractivity contribution is 0.192. The standard InChI is InChI=1S/C16H20ClNO2/c17-16-14(13-6-1-2-7-15(13)20-16)9-18-8-11-4-3-5-12(11)10-19/h1-2,6-7,11-12,18-19H,3-5,8-10H2. The lowest BCUT2D eigenvalue weighted by Gasteiger charge is -2.17. The van der Waals surface area contributed by atoms with Gasteiger partial charge in [-0.15, -0.1) is 0 Å². The van der Waals surface area contributed by atoms with E-state index >= 15 is 0 Å². The van der Waals surface area contributed by atoms with Crippen molar-refractivity contribution < 1.29 is 9.52 Å². The number of nitrogens with one attached hydrogen (secondary N) is 1. The zero-order valence-corrected chi connectivity index (χ0v) is 12.2. The number of hydrogen-bond donors (Lipinski definition) is 2. The van der Waals surface area contributed by atoms with Crippen LogP contribution >= 0.6 is 11.6 Å². The van der Waals surface area contributed by atoms with Crippen LogP contribution in [-0.2, 0) is 6.54 Å². The summed E-state index contributed by atoms with van der Waals surface area (Å²) in [5.74, 6) is 1.04. The van der Waals surface area contributed by atoms with Gasteiger partial charge in [-0.1, -0.05) is 24.6 Å². The average molecular weight is 294 g/mol. The highest BCUT2D eigenvalue weighted by Gasteiger charge is 2.26. The van der Waals surface area contributed by atoms with Crippen LogP contribution in [0.15, 0.2) is 28.7 Å². The molecule has 3 rings (SSSR count). The summed E-state index contributed by atoms with van der Waals surface area (Å²) in [6.45, 7) is 1.95. The molecule has 2 atom stereocenters. The Morgan fingerprint density at radius 3 is 2.90 bits per heavy atom. The highest BCUT2D eigenvalue weighted by Crippen LogP contribution is 2.32. The van der Waals surface area contributed by atoms with Crippen LogP contribution in [0.2, 0.25) is 5.22 Å². The van der Waals surface area contributed by atoms with Crippen LogP contribution in [0.3, 0.4) is 0 Å². The van der Waals surface area contributed by atoms with Crippen LogP contribution in [0.4, 0.5) is 0 Å². The Morgan fingerprint density at radius 1 is 1.25 bits per heavy atom. The van der Waals surface area contributed by atoms with Gasteiger partial charge in [-0.05, 0) is 48.9 Å². The van der Waals surface area contributed by atoms with E-state index in [-0.39, 0.29) is 0 Å². The molecule has 0 aliphatic heterocycles. The SMILES string of the molecule is OCC1CCCC1CNCc1c(Cl)oc2ccccc12. The predicted molar refractivity (Wildman–Crippen MR) is 80.8 cm³/mol. The first-order chi connectivity index (χ1) is 9.79. The predicted octanol–water partition coefficient (Wildman–Crippen LogP) is 3.58. The number of furan rings is 1. The normalized spacial score (nSPS) is 22.7. The summed E-state index contributed by atoms with van der Waals surface area (Å²) in [6.07, 6.45) is 3.59.